The zero-order valence-corrected chi connectivity index (χ0v) is 11.8. The average Bonchev–Trinajstić information content (AvgIpc) is 2.85. The number of nitrogens with two attached hydrogens (primary N) is 1. The lowest BCUT2D eigenvalue weighted by molar-refractivity contribution is 0.473. The second kappa shape index (κ2) is 5.15. The Morgan fingerprint density at radius 3 is 2.63 bits per heavy atom. The van der Waals surface area contributed by atoms with Gasteiger partial charge in [0.05, 0.1) is 10.5 Å². The molecule has 0 saturated carbocycles. The molecule has 1 unspecified atom stereocenters. The van der Waals surface area contributed by atoms with Gasteiger partial charge in [0.25, 0.3) is 0 Å². The van der Waals surface area contributed by atoms with Gasteiger partial charge in [-0.3, -0.25) is 0 Å². The van der Waals surface area contributed by atoms with Crippen LogP contribution in [-0.4, -0.2) is 4.98 Å². The number of hydrogen-bond acceptors (Lipinski definition) is 3. The Kier molecular flexibility index (Phi) is 3.36. The van der Waals surface area contributed by atoms with Gasteiger partial charge < -0.3 is 10.2 Å². The highest BCUT2D eigenvalue weighted by Gasteiger charge is 2.15. The van der Waals surface area contributed by atoms with Crippen molar-refractivity contribution in [3.05, 3.63) is 64.5 Å². The molecule has 0 radical (unpaired) electrons. The Bertz CT molecular complexity index is 694. The first-order chi connectivity index (χ1) is 9.24. The summed E-state index contributed by atoms with van der Waals surface area (Å²) in [4.78, 5) is 4.45. The van der Waals surface area contributed by atoms with E-state index in [-0.39, 0.29) is 6.04 Å². The summed E-state index contributed by atoms with van der Waals surface area (Å²) in [7, 11) is 0. The van der Waals surface area contributed by atoms with Crippen molar-refractivity contribution in [2.45, 2.75) is 12.5 Å². The molecule has 0 bridgehead atoms. The van der Waals surface area contributed by atoms with E-state index in [4.69, 9.17) is 10.2 Å². The number of aromatic nitrogens is 1. The van der Waals surface area contributed by atoms with Gasteiger partial charge in [-0.25, -0.2) is 4.98 Å². The Balaban J connectivity index is 1.89. The third kappa shape index (κ3) is 2.55. The fourth-order valence-electron chi connectivity index (χ4n) is 2.05. The second-order valence-electron chi connectivity index (χ2n) is 4.44. The van der Waals surface area contributed by atoms with Gasteiger partial charge in [-0.15, -0.1) is 0 Å². The van der Waals surface area contributed by atoms with Gasteiger partial charge in [0, 0.05) is 0 Å². The summed E-state index contributed by atoms with van der Waals surface area (Å²) in [5.41, 5.74) is 8.92. The molecule has 4 heteroatoms. The van der Waals surface area contributed by atoms with Crippen LogP contribution in [0.3, 0.4) is 0 Å². The second-order valence-corrected chi connectivity index (χ2v) is 5.29. The lowest BCUT2D eigenvalue weighted by Crippen LogP contribution is -2.13. The molecule has 1 aromatic heterocycles. The van der Waals surface area contributed by atoms with Crippen molar-refractivity contribution in [3.63, 3.8) is 0 Å². The molecule has 3 aromatic rings. The fraction of sp³-hybridized carbons (Fsp3) is 0.133. The van der Waals surface area contributed by atoms with E-state index in [9.17, 15) is 0 Å². The molecule has 0 aliphatic heterocycles. The number of halogens is 1. The molecule has 19 heavy (non-hydrogen) atoms. The van der Waals surface area contributed by atoms with E-state index in [0.29, 0.717) is 12.3 Å². The molecule has 2 N–H and O–H groups in total. The topological polar surface area (TPSA) is 52.0 Å². The van der Waals surface area contributed by atoms with Crippen molar-refractivity contribution in [3.8, 4) is 0 Å². The highest BCUT2D eigenvalue weighted by molar-refractivity contribution is 9.10. The summed E-state index contributed by atoms with van der Waals surface area (Å²) in [6.07, 6.45) is 0.714. The molecule has 96 valence electrons. The summed E-state index contributed by atoms with van der Waals surface area (Å²) in [6, 6.07) is 15.7. The number of oxazole rings is 1. The first kappa shape index (κ1) is 12.4. The normalized spacial score (nSPS) is 12.7. The molecule has 0 aliphatic carbocycles. The molecular weight excluding hydrogens is 304 g/mol. The van der Waals surface area contributed by atoms with E-state index in [1.165, 1.54) is 5.56 Å². The number of nitrogens with zero attached hydrogens (tertiary/aromatic N) is 1. The van der Waals surface area contributed by atoms with E-state index in [0.717, 1.165) is 15.6 Å². The highest BCUT2D eigenvalue weighted by atomic mass is 79.9. The number of para-hydroxylation sites is 1. The molecule has 3 rings (SSSR count). The van der Waals surface area contributed by atoms with E-state index in [2.05, 4.69) is 33.0 Å². The van der Waals surface area contributed by atoms with Gasteiger partial charge in [-0.1, -0.05) is 36.4 Å². The standard InChI is InChI=1S/C15H13BrN2O/c16-11-7-4-8-13-14(11)19-15(18-13)12(17)9-10-5-2-1-3-6-10/h1-8,12H,9,17H2. The van der Waals surface area contributed by atoms with Gasteiger partial charge in [0.1, 0.15) is 5.52 Å². The van der Waals surface area contributed by atoms with Crippen LogP contribution < -0.4 is 5.73 Å². The lowest BCUT2D eigenvalue weighted by Gasteiger charge is -2.06. The summed E-state index contributed by atoms with van der Waals surface area (Å²) in [5.74, 6) is 0.575. The number of fused-ring (bicyclic) bond motifs is 1. The van der Waals surface area contributed by atoms with Crippen LogP contribution in [0.5, 0.6) is 0 Å². The monoisotopic (exact) mass is 316 g/mol. The van der Waals surface area contributed by atoms with Crippen molar-refractivity contribution >= 4 is 27.0 Å². The van der Waals surface area contributed by atoms with E-state index >= 15 is 0 Å². The van der Waals surface area contributed by atoms with Crippen molar-refractivity contribution in [2.24, 2.45) is 5.73 Å². The van der Waals surface area contributed by atoms with Crippen LogP contribution in [-0.2, 0) is 6.42 Å². The first-order valence-corrected chi connectivity index (χ1v) is 6.88. The molecule has 0 spiro atoms. The summed E-state index contributed by atoms with van der Waals surface area (Å²) in [5, 5.41) is 0. The van der Waals surface area contributed by atoms with Gasteiger partial charge in [-0.2, -0.15) is 0 Å². The Morgan fingerprint density at radius 1 is 1.11 bits per heavy atom. The highest BCUT2D eigenvalue weighted by Crippen LogP contribution is 2.27. The fourth-order valence-corrected chi connectivity index (χ4v) is 2.48. The van der Waals surface area contributed by atoms with Crippen LogP contribution in [0.25, 0.3) is 11.1 Å². The molecule has 0 fully saturated rings. The summed E-state index contributed by atoms with van der Waals surface area (Å²) < 4.78 is 6.65. The Hall–Kier alpha value is -1.65. The van der Waals surface area contributed by atoms with Crippen LogP contribution >= 0.6 is 15.9 Å². The molecule has 1 atom stereocenters. The lowest BCUT2D eigenvalue weighted by atomic mass is 10.1. The summed E-state index contributed by atoms with van der Waals surface area (Å²) >= 11 is 3.45. The largest absolute Gasteiger partial charge is 0.438 e. The third-order valence-electron chi connectivity index (χ3n) is 3.00. The predicted molar refractivity (Wildman–Crippen MR) is 78.8 cm³/mol. The molecule has 2 aromatic carbocycles. The van der Waals surface area contributed by atoms with Gasteiger partial charge in [0.15, 0.2) is 5.58 Å². The van der Waals surface area contributed by atoms with Gasteiger partial charge >= 0.3 is 0 Å². The predicted octanol–water partition coefficient (Wildman–Crippen LogP) is 3.83. The van der Waals surface area contributed by atoms with Crippen LogP contribution in [0.2, 0.25) is 0 Å². The molecule has 0 amide bonds. The molecule has 0 aliphatic rings. The smallest absolute Gasteiger partial charge is 0.212 e. The molecular formula is C15H13BrN2O. The number of hydrogen-bond donors (Lipinski definition) is 1. The van der Waals surface area contributed by atoms with Crippen molar-refractivity contribution in [1.29, 1.82) is 0 Å². The Labute approximate surface area is 119 Å². The molecule has 0 saturated heterocycles. The minimum absolute atomic E-state index is 0.235. The van der Waals surface area contributed by atoms with Crippen molar-refractivity contribution < 1.29 is 4.42 Å². The zero-order chi connectivity index (χ0) is 13.2. The zero-order valence-electron chi connectivity index (χ0n) is 10.2. The van der Waals surface area contributed by atoms with Gasteiger partial charge in [-0.05, 0) is 40.0 Å². The van der Waals surface area contributed by atoms with E-state index in [1.54, 1.807) is 0 Å². The van der Waals surface area contributed by atoms with Crippen molar-refractivity contribution in [1.82, 2.24) is 4.98 Å². The molecule has 3 nitrogen and oxygen atoms in total. The minimum Gasteiger partial charge on any atom is -0.438 e. The van der Waals surface area contributed by atoms with Crippen LogP contribution in [0.1, 0.15) is 17.5 Å². The van der Waals surface area contributed by atoms with Gasteiger partial charge in [0.2, 0.25) is 5.89 Å². The van der Waals surface area contributed by atoms with Crippen LogP contribution in [0, 0.1) is 0 Å². The van der Waals surface area contributed by atoms with Crippen LogP contribution in [0.4, 0.5) is 0 Å². The maximum atomic E-state index is 6.17. The first-order valence-electron chi connectivity index (χ1n) is 6.08. The number of rotatable bonds is 3. The maximum absolute atomic E-state index is 6.17. The SMILES string of the molecule is NC(Cc1ccccc1)c1nc2cccc(Br)c2o1. The third-order valence-corrected chi connectivity index (χ3v) is 3.62. The molecule has 1 heterocycles. The minimum atomic E-state index is -0.235. The van der Waals surface area contributed by atoms with Crippen molar-refractivity contribution in [2.75, 3.05) is 0 Å². The average molecular weight is 317 g/mol. The van der Waals surface area contributed by atoms with Crippen LogP contribution in [0.15, 0.2) is 57.4 Å². The maximum Gasteiger partial charge on any atom is 0.212 e. The summed E-state index contributed by atoms with van der Waals surface area (Å²) in [6.45, 7) is 0. The Morgan fingerprint density at radius 2 is 1.89 bits per heavy atom. The number of benzene rings is 2. The van der Waals surface area contributed by atoms with E-state index in [1.807, 2.05) is 36.4 Å². The van der Waals surface area contributed by atoms with E-state index < -0.39 is 0 Å². The quantitative estimate of drug-likeness (QED) is 0.798.